The molecule has 0 bridgehead atoms. The second-order valence-electron chi connectivity index (χ2n) is 6.62. The van der Waals surface area contributed by atoms with Gasteiger partial charge in [0.1, 0.15) is 17.5 Å². The van der Waals surface area contributed by atoms with Gasteiger partial charge in [0, 0.05) is 43.4 Å². The van der Waals surface area contributed by atoms with Gasteiger partial charge in [-0.15, -0.1) is 0 Å². The average molecular weight is 420 g/mol. The Kier molecular flexibility index (Phi) is 6.36. The van der Waals surface area contributed by atoms with Crippen molar-refractivity contribution in [2.75, 3.05) is 26.2 Å². The monoisotopic (exact) mass is 420 g/mol. The second kappa shape index (κ2) is 8.95. The summed E-state index contributed by atoms with van der Waals surface area (Å²) in [6.07, 6.45) is -1.38. The summed E-state index contributed by atoms with van der Waals surface area (Å²) in [5.74, 6) is -4.71. The molecule has 0 aliphatic carbocycles. The molecule has 0 spiro atoms. The lowest BCUT2D eigenvalue weighted by Crippen LogP contribution is -2.54. The van der Waals surface area contributed by atoms with Crippen molar-refractivity contribution < 1.29 is 27.6 Å². The standard InChI is InChI=1S/C20H19F3N4O3/c21-14-3-1-2-12(8-14)19(29)26-6-7-27(18(26)17(28)25-5-4-24)20(30)13-9-15(22)11-16(23)10-13/h1-3,8-11,18H,4-7,24H2,(H,25,28). The molecule has 1 fully saturated rings. The highest BCUT2D eigenvalue weighted by Crippen LogP contribution is 2.22. The molecular formula is C20H19F3N4O3. The van der Waals surface area contributed by atoms with E-state index >= 15 is 0 Å². The SMILES string of the molecule is NCCNC(=O)C1N(C(=O)c2cccc(F)c2)CCN1C(=O)c1cc(F)cc(F)c1. The van der Waals surface area contributed by atoms with Crippen LogP contribution in [0.2, 0.25) is 0 Å². The zero-order valence-corrected chi connectivity index (χ0v) is 15.8. The third-order valence-electron chi connectivity index (χ3n) is 4.55. The van der Waals surface area contributed by atoms with Crippen LogP contribution in [0.25, 0.3) is 0 Å². The first kappa shape index (κ1) is 21.3. The molecular weight excluding hydrogens is 401 g/mol. The van der Waals surface area contributed by atoms with Gasteiger partial charge in [0.15, 0.2) is 6.17 Å². The fourth-order valence-electron chi connectivity index (χ4n) is 3.25. The van der Waals surface area contributed by atoms with Gasteiger partial charge in [0.2, 0.25) is 0 Å². The van der Waals surface area contributed by atoms with Crippen LogP contribution in [-0.4, -0.2) is 59.9 Å². The van der Waals surface area contributed by atoms with Crippen molar-refractivity contribution in [2.24, 2.45) is 5.73 Å². The van der Waals surface area contributed by atoms with Crippen molar-refractivity contribution in [3.05, 3.63) is 71.0 Å². The molecule has 10 heteroatoms. The summed E-state index contributed by atoms with van der Waals surface area (Å²) in [6.45, 7) is 0.131. The third kappa shape index (κ3) is 4.43. The average Bonchev–Trinajstić information content (AvgIpc) is 3.15. The van der Waals surface area contributed by atoms with E-state index in [0.29, 0.717) is 6.07 Å². The number of nitrogens with one attached hydrogen (secondary N) is 1. The molecule has 1 atom stereocenters. The van der Waals surface area contributed by atoms with E-state index < -0.39 is 41.3 Å². The van der Waals surface area contributed by atoms with Crippen molar-refractivity contribution >= 4 is 17.7 Å². The van der Waals surface area contributed by atoms with Crippen LogP contribution in [0, 0.1) is 17.5 Å². The summed E-state index contributed by atoms with van der Waals surface area (Å²) in [5.41, 5.74) is 5.09. The molecule has 1 heterocycles. The smallest absolute Gasteiger partial charge is 0.263 e. The third-order valence-corrected chi connectivity index (χ3v) is 4.55. The summed E-state index contributed by atoms with van der Waals surface area (Å²) in [4.78, 5) is 40.7. The van der Waals surface area contributed by atoms with Gasteiger partial charge in [-0.2, -0.15) is 0 Å². The molecule has 1 unspecified atom stereocenters. The van der Waals surface area contributed by atoms with Gasteiger partial charge >= 0.3 is 0 Å². The van der Waals surface area contributed by atoms with Crippen LogP contribution in [0.3, 0.4) is 0 Å². The number of carbonyl (C=O) groups is 3. The zero-order chi connectivity index (χ0) is 21.8. The molecule has 158 valence electrons. The number of nitrogens with zero attached hydrogens (tertiary/aromatic N) is 2. The van der Waals surface area contributed by atoms with E-state index in [9.17, 15) is 27.6 Å². The lowest BCUT2D eigenvalue weighted by molar-refractivity contribution is -0.128. The molecule has 0 radical (unpaired) electrons. The molecule has 2 aromatic carbocycles. The zero-order valence-electron chi connectivity index (χ0n) is 15.8. The second-order valence-corrected chi connectivity index (χ2v) is 6.62. The highest BCUT2D eigenvalue weighted by atomic mass is 19.1. The van der Waals surface area contributed by atoms with Gasteiger partial charge in [-0.25, -0.2) is 13.2 Å². The van der Waals surface area contributed by atoms with Gasteiger partial charge in [0.25, 0.3) is 17.7 Å². The van der Waals surface area contributed by atoms with Crippen molar-refractivity contribution in [3.8, 4) is 0 Å². The van der Waals surface area contributed by atoms with E-state index in [4.69, 9.17) is 5.73 Å². The van der Waals surface area contributed by atoms with Crippen molar-refractivity contribution in [1.82, 2.24) is 15.1 Å². The molecule has 1 aliphatic heterocycles. The normalized spacial score (nSPS) is 15.9. The van der Waals surface area contributed by atoms with Crippen LogP contribution in [-0.2, 0) is 4.79 Å². The number of rotatable bonds is 5. The van der Waals surface area contributed by atoms with Gasteiger partial charge in [-0.05, 0) is 30.3 Å². The Balaban J connectivity index is 1.93. The van der Waals surface area contributed by atoms with E-state index in [1.54, 1.807) is 0 Å². The minimum absolute atomic E-state index is 0.00211. The molecule has 3 amide bonds. The van der Waals surface area contributed by atoms with Crippen LogP contribution in [0.15, 0.2) is 42.5 Å². The quantitative estimate of drug-likeness (QED) is 0.758. The lowest BCUT2D eigenvalue weighted by Gasteiger charge is -2.29. The number of amides is 3. The molecule has 0 saturated carbocycles. The molecule has 3 rings (SSSR count). The minimum atomic E-state index is -1.38. The Bertz CT molecular complexity index is 965. The minimum Gasteiger partial charge on any atom is -0.351 e. The maximum atomic E-state index is 13.6. The Morgan fingerprint density at radius 2 is 1.47 bits per heavy atom. The van der Waals surface area contributed by atoms with E-state index in [1.807, 2.05) is 0 Å². The van der Waals surface area contributed by atoms with Crippen LogP contribution in [0.5, 0.6) is 0 Å². The summed E-state index contributed by atoms with van der Waals surface area (Å²) in [7, 11) is 0. The fraction of sp³-hybridized carbons (Fsp3) is 0.250. The topological polar surface area (TPSA) is 95.7 Å². The van der Waals surface area contributed by atoms with Gasteiger partial charge in [0.05, 0.1) is 0 Å². The van der Waals surface area contributed by atoms with Crippen LogP contribution >= 0.6 is 0 Å². The Hall–Kier alpha value is -3.40. The largest absolute Gasteiger partial charge is 0.351 e. The molecule has 3 N–H and O–H groups in total. The maximum absolute atomic E-state index is 13.6. The Morgan fingerprint density at radius 1 is 0.900 bits per heavy atom. The predicted octanol–water partition coefficient (Wildman–Crippen LogP) is 1.10. The van der Waals surface area contributed by atoms with Crippen LogP contribution in [0.4, 0.5) is 13.2 Å². The molecule has 1 saturated heterocycles. The highest BCUT2D eigenvalue weighted by Gasteiger charge is 2.43. The van der Waals surface area contributed by atoms with Crippen molar-refractivity contribution in [1.29, 1.82) is 0 Å². The van der Waals surface area contributed by atoms with Gasteiger partial charge in [-0.1, -0.05) is 6.07 Å². The summed E-state index contributed by atoms with van der Waals surface area (Å²) in [6, 6.07) is 7.22. The number of carbonyl (C=O) groups excluding carboxylic acids is 3. The Morgan fingerprint density at radius 3 is 2.03 bits per heavy atom. The molecule has 1 aliphatic rings. The number of nitrogens with two attached hydrogens (primary N) is 1. The maximum Gasteiger partial charge on any atom is 0.263 e. The summed E-state index contributed by atoms with van der Waals surface area (Å²) >= 11 is 0. The fourth-order valence-corrected chi connectivity index (χ4v) is 3.25. The van der Waals surface area contributed by atoms with E-state index in [2.05, 4.69) is 5.32 Å². The van der Waals surface area contributed by atoms with Crippen molar-refractivity contribution in [3.63, 3.8) is 0 Å². The highest BCUT2D eigenvalue weighted by molar-refractivity contribution is 6.02. The van der Waals surface area contributed by atoms with Crippen LogP contribution < -0.4 is 11.1 Å². The van der Waals surface area contributed by atoms with Gasteiger partial charge in [-0.3, -0.25) is 14.4 Å². The first-order valence-corrected chi connectivity index (χ1v) is 9.13. The van der Waals surface area contributed by atoms with E-state index in [1.165, 1.54) is 18.2 Å². The van der Waals surface area contributed by atoms with Gasteiger partial charge < -0.3 is 20.9 Å². The number of benzene rings is 2. The molecule has 2 aromatic rings. The molecule has 0 aromatic heterocycles. The van der Waals surface area contributed by atoms with E-state index in [0.717, 1.165) is 28.0 Å². The summed E-state index contributed by atoms with van der Waals surface area (Å²) < 4.78 is 40.7. The number of halogens is 3. The molecule has 7 nitrogen and oxygen atoms in total. The first-order chi connectivity index (χ1) is 14.3. The van der Waals surface area contributed by atoms with E-state index in [-0.39, 0.29) is 37.3 Å². The van der Waals surface area contributed by atoms with Crippen molar-refractivity contribution in [2.45, 2.75) is 6.17 Å². The van der Waals surface area contributed by atoms with Crippen LogP contribution in [0.1, 0.15) is 20.7 Å². The number of hydrogen-bond donors (Lipinski definition) is 2. The first-order valence-electron chi connectivity index (χ1n) is 9.13. The lowest BCUT2D eigenvalue weighted by atomic mass is 10.1. The molecule has 30 heavy (non-hydrogen) atoms. The summed E-state index contributed by atoms with van der Waals surface area (Å²) in [5, 5.41) is 2.51. The Labute approximate surface area is 170 Å². The number of hydrogen-bond acceptors (Lipinski definition) is 4. The predicted molar refractivity (Wildman–Crippen MR) is 101 cm³/mol.